The summed E-state index contributed by atoms with van der Waals surface area (Å²) in [5.41, 5.74) is 1.84. The number of anilines is 1. The number of benzene rings is 2. The first-order chi connectivity index (χ1) is 11.6. The molecule has 0 radical (unpaired) electrons. The number of carbonyl (C=O) groups excluding carboxylic acids is 1. The number of hydrogen-bond acceptors (Lipinski definition) is 5. The molecule has 1 aromatic heterocycles. The van der Waals surface area contributed by atoms with Crippen LogP contribution in [0.25, 0.3) is 11.5 Å². The lowest BCUT2D eigenvalue weighted by Crippen LogP contribution is -2.11. The van der Waals surface area contributed by atoms with Crippen LogP contribution in [0.5, 0.6) is 5.75 Å². The monoisotopic (exact) mass is 343 g/mol. The summed E-state index contributed by atoms with van der Waals surface area (Å²) in [4.78, 5) is 16.4. The average Bonchev–Trinajstić information content (AvgIpc) is 3.02. The predicted octanol–water partition coefficient (Wildman–Crippen LogP) is 3.96. The van der Waals surface area contributed by atoms with Crippen molar-refractivity contribution in [3.63, 3.8) is 0 Å². The fourth-order valence-corrected chi connectivity index (χ4v) is 2.38. The van der Waals surface area contributed by atoms with E-state index in [1.54, 1.807) is 49.4 Å². The molecule has 0 aliphatic rings. The van der Waals surface area contributed by atoms with Gasteiger partial charge in [0.05, 0.1) is 12.1 Å². The molecule has 0 saturated carbocycles. The Morgan fingerprint density at radius 2 is 1.96 bits per heavy atom. The summed E-state index contributed by atoms with van der Waals surface area (Å²) in [6.45, 7) is 1.74. The summed E-state index contributed by atoms with van der Waals surface area (Å²) in [6, 6.07) is 11.9. The number of carbonyl (C=O) groups is 1. The average molecular weight is 344 g/mol. The molecule has 2 aromatic carbocycles. The van der Waals surface area contributed by atoms with Crippen LogP contribution in [0.1, 0.15) is 16.2 Å². The van der Waals surface area contributed by atoms with Crippen molar-refractivity contribution >= 4 is 23.2 Å². The number of halogens is 1. The largest absolute Gasteiger partial charge is 0.495 e. The highest BCUT2D eigenvalue weighted by Crippen LogP contribution is 2.27. The SMILES string of the molecule is COc1ccc(NC(=O)c2ccc(-c3nc(C)no3)cc2)cc1Cl. The van der Waals surface area contributed by atoms with Gasteiger partial charge >= 0.3 is 0 Å². The Balaban J connectivity index is 1.74. The number of methoxy groups -OCH3 is 1. The lowest BCUT2D eigenvalue weighted by molar-refractivity contribution is 0.102. The zero-order chi connectivity index (χ0) is 17.1. The molecule has 0 atom stereocenters. The van der Waals surface area contributed by atoms with E-state index in [0.29, 0.717) is 33.7 Å². The van der Waals surface area contributed by atoms with Gasteiger partial charge in [-0.3, -0.25) is 4.79 Å². The van der Waals surface area contributed by atoms with Crippen molar-refractivity contribution in [2.75, 3.05) is 12.4 Å². The number of amides is 1. The maximum absolute atomic E-state index is 12.3. The molecular formula is C17H14ClN3O3. The highest BCUT2D eigenvalue weighted by Gasteiger charge is 2.10. The Kier molecular flexibility index (Phi) is 4.48. The summed E-state index contributed by atoms with van der Waals surface area (Å²) < 4.78 is 10.2. The first-order valence-electron chi connectivity index (χ1n) is 7.12. The number of nitrogens with zero attached hydrogens (tertiary/aromatic N) is 2. The number of rotatable bonds is 4. The lowest BCUT2D eigenvalue weighted by Gasteiger charge is -2.08. The van der Waals surface area contributed by atoms with Gasteiger partial charge in [0.25, 0.3) is 11.8 Å². The molecule has 1 heterocycles. The fraction of sp³-hybridized carbons (Fsp3) is 0.118. The van der Waals surface area contributed by atoms with Crippen molar-refractivity contribution in [1.29, 1.82) is 0 Å². The van der Waals surface area contributed by atoms with E-state index < -0.39 is 0 Å². The highest BCUT2D eigenvalue weighted by molar-refractivity contribution is 6.32. The molecule has 1 N–H and O–H groups in total. The maximum Gasteiger partial charge on any atom is 0.257 e. The van der Waals surface area contributed by atoms with Gasteiger partial charge in [0.2, 0.25) is 0 Å². The van der Waals surface area contributed by atoms with Crippen LogP contribution in [-0.4, -0.2) is 23.2 Å². The minimum Gasteiger partial charge on any atom is -0.495 e. The molecule has 0 fully saturated rings. The van der Waals surface area contributed by atoms with E-state index in [9.17, 15) is 4.79 Å². The summed E-state index contributed by atoms with van der Waals surface area (Å²) in [5.74, 6) is 1.28. The highest BCUT2D eigenvalue weighted by atomic mass is 35.5. The van der Waals surface area contributed by atoms with Crippen LogP contribution in [0.2, 0.25) is 5.02 Å². The van der Waals surface area contributed by atoms with E-state index in [-0.39, 0.29) is 5.91 Å². The van der Waals surface area contributed by atoms with E-state index in [2.05, 4.69) is 15.5 Å². The summed E-state index contributed by atoms with van der Waals surface area (Å²) in [5, 5.41) is 6.95. The quantitative estimate of drug-likeness (QED) is 0.775. The molecule has 7 heteroatoms. The number of hydrogen-bond donors (Lipinski definition) is 1. The second kappa shape index (κ2) is 6.72. The molecule has 0 bridgehead atoms. The van der Waals surface area contributed by atoms with Crippen LogP contribution in [-0.2, 0) is 0 Å². The number of aryl methyl sites for hydroxylation is 1. The van der Waals surface area contributed by atoms with E-state index in [4.69, 9.17) is 20.9 Å². The van der Waals surface area contributed by atoms with Gasteiger partial charge in [-0.1, -0.05) is 16.8 Å². The molecule has 3 rings (SSSR count). The first-order valence-corrected chi connectivity index (χ1v) is 7.50. The third-order valence-electron chi connectivity index (χ3n) is 3.33. The predicted molar refractivity (Wildman–Crippen MR) is 90.4 cm³/mol. The molecule has 0 aliphatic heterocycles. The summed E-state index contributed by atoms with van der Waals surface area (Å²) >= 11 is 6.05. The number of nitrogens with one attached hydrogen (secondary N) is 1. The van der Waals surface area contributed by atoms with Crippen LogP contribution in [0.4, 0.5) is 5.69 Å². The van der Waals surface area contributed by atoms with E-state index >= 15 is 0 Å². The molecule has 1 amide bonds. The van der Waals surface area contributed by atoms with Crippen LogP contribution >= 0.6 is 11.6 Å². The van der Waals surface area contributed by atoms with Crippen molar-refractivity contribution in [1.82, 2.24) is 10.1 Å². The molecule has 0 saturated heterocycles. The Morgan fingerprint density at radius 3 is 2.54 bits per heavy atom. The van der Waals surface area contributed by atoms with Crippen LogP contribution in [0, 0.1) is 6.92 Å². The molecule has 0 spiro atoms. The van der Waals surface area contributed by atoms with Gasteiger partial charge in [-0.25, -0.2) is 0 Å². The van der Waals surface area contributed by atoms with Crippen molar-refractivity contribution in [2.24, 2.45) is 0 Å². The van der Waals surface area contributed by atoms with Crippen molar-refractivity contribution in [3.8, 4) is 17.2 Å². The number of ether oxygens (including phenoxy) is 1. The zero-order valence-electron chi connectivity index (χ0n) is 13.0. The van der Waals surface area contributed by atoms with Gasteiger partial charge in [-0.15, -0.1) is 0 Å². The normalized spacial score (nSPS) is 10.5. The van der Waals surface area contributed by atoms with Gasteiger partial charge in [0.15, 0.2) is 5.82 Å². The standard InChI is InChI=1S/C17H14ClN3O3/c1-10-19-17(24-21-10)12-5-3-11(4-6-12)16(22)20-13-7-8-15(23-2)14(18)9-13/h3-9H,1-2H3,(H,20,22). The second-order valence-electron chi connectivity index (χ2n) is 5.03. The summed E-state index contributed by atoms with van der Waals surface area (Å²) in [7, 11) is 1.53. The van der Waals surface area contributed by atoms with Crippen LogP contribution in [0.15, 0.2) is 47.0 Å². The molecular weight excluding hydrogens is 330 g/mol. The van der Waals surface area contributed by atoms with Crippen LogP contribution in [0.3, 0.4) is 0 Å². The Labute approximate surface area is 143 Å². The first kappa shape index (κ1) is 16.0. The third kappa shape index (κ3) is 3.38. The van der Waals surface area contributed by atoms with Gasteiger partial charge in [0, 0.05) is 16.8 Å². The van der Waals surface area contributed by atoms with Gasteiger partial charge in [-0.2, -0.15) is 4.98 Å². The number of aromatic nitrogens is 2. The van der Waals surface area contributed by atoms with Gasteiger partial charge < -0.3 is 14.6 Å². The molecule has 0 aliphatic carbocycles. The van der Waals surface area contributed by atoms with Crippen molar-refractivity contribution in [2.45, 2.75) is 6.92 Å². The minimum absolute atomic E-state index is 0.246. The molecule has 6 nitrogen and oxygen atoms in total. The van der Waals surface area contributed by atoms with E-state index in [1.165, 1.54) is 7.11 Å². The molecule has 3 aromatic rings. The van der Waals surface area contributed by atoms with Crippen molar-refractivity contribution < 1.29 is 14.1 Å². The van der Waals surface area contributed by atoms with Crippen molar-refractivity contribution in [3.05, 3.63) is 58.9 Å². The lowest BCUT2D eigenvalue weighted by atomic mass is 10.1. The van der Waals surface area contributed by atoms with E-state index in [1.807, 2.05) is 0 Å². The van der Waals surface area contributed by atoms with Crippen LogP contribution < -0.4 is 10.1 Å². The molecule has 122 valence electrons. The summed E-state index contributed by atoms with van der Waals surface area (Å²) in [6.07, 6.45) is 0. The van der Waals surface area contributed by atoms with Gasteiger partial charge in [-0.05, 0) is 49.4 Å². The molecule has 0 unspecified atom stereocenters. The maximum atomic E-state index is 12.3. The van der Waals surface area contributed by atoms with E-state index in [0.717, 1.165) is 5.56 Å². The Hall–Kier alpha value is -2.86. The fourth-order valence-electron chi connectivity index (χ4n) is 2.13. The third-order valence-corrected chi connectivity index (χ3v) is 3.63. The van der Waals surface area contributed by atoms with Gasteiger partial charge in [0.1, 0.15) is 5.75 Å². The Bertz CT molecular complexity index is 875. The smallest absolute Gasteiger partial charge is 0.257 e. The topological polar surface area (TPSA) is 77.2 Å². The minimum atomic E-state index is -0.246. The zero-order valence-corrected chi connectivity index (χ0v) is 13.8. The molecule has 24 heavy (non-hydrogen) atoms. The Morgan fingerprint density at radius 1 is 1.21 bits per heavy atom. The second-order valence-corrected chi connectivity index (χ2v) is 5.43.